The van der Waals surface area contributed by atoms with Gasteiger partial charge in [-0.1, -0.05) is 32.0 Å². The Bertz CT molecular complexity index is 409. The third-order valence-corrected chi connectivity index (χ3v) is 4.52. The van der Waals surface area contributed by atoms with Crippen LogP contribution in [0.1, 0.15) is 45.1 Å². The van der Waals surface area contributed by atoms with Crippen molar-refractivity contribution in [2.24, 2.45) is 0 Å². The molecule has 0 unspecified atom stereocenters. The van der Waals surface area contributed by atoms with Crippen LogP contribution in [0, 0.1) is 0 Å². The van der Waals surface area contributed by atoms with E-state index in [1.54, 1.807) is 0 Å². The lowest BCUT2D eigenvalue weighted by Crippen LogP contribution is -2.39. The molecule has 2 N–H and O–H groups in total. The van der Waals surface area contributed by atoms with Crippen LogP contribution >= 0.6 is 0 Å². The largest absolute Gasteiger partial charge is 0.389 e. The van der Waals surface area contributed by atoms with Gasteiger partial charge in [-0.3, -0.25) is 0 Å². The minimum absolute atomic E-state index is 0.567. The molecule has 1 aromatic carbocycles. The zero-order valence-electron chi connectivity index (χ0n) is 12.9. The summed E-state index contributed by atoms with van der Waals surface area (Å²) >= 11 is 0. The molecule has 1 fully saturated rings. The van der Waals surface area contributed by atoms with Crippen LogP contribution in [0.3, 0.4) is 0 Å². The number of aliphatic hydroxyl groups is 1. The van der Waals surface area contributed by atoms with Crippen LogP contribution in [0.4, 0.5) is 5.69 Å². The number of hydrogen-bond acceptors (Lipinski definition) is 3. The molecule has 1 heterocycles. The molecule has 112 valence electrons. The Morgan fingerprint density at radius 3 is 2.45 bits per heavy atom. The van der Waals surface area contributed by atoms with Crippen LogP contribution in [0.15, 0.2) is 24.3 Å². The van der Waals surface area contributed by atoms with Crippen molar-refractivity contribution in [1.29, 1.82) is 0 Å². The predicted molar refractivity (Wildman–Crippen MR) is 85.1 cm³/mol. The summed E-state index contributed by atoms with van der Waals surface area (Å²) < 4.78 is 0. The van der Waals surface area contributed by atoms with Crippen LogP contribution in [-0.4, -0.2) is 30.3 Å². The van der Waals surface area contributed by atoms with Crippen molar-refractivity contribution in [1.82, 2.24) is 5.32 Å². The first-order valence-corrected chi connectivity index (χ1v) is 7.94. The van der Waals surface area contributed by atoms with Gasteiger partial charge in [-0.25, -0.2) is 0 Å². The standard InChI is InChI=1S/C17H28N2O/c1-3-17(20,4-2)14-18-13-15-9-5-6-10-16(15)19-11-7-8-12-19/h5-6,9-10,18,20H,3-4,7-8,11-14H2,1-2H3. The van der Waals surface area contributed by atoms with E-state index >= 15 is 0 Å². The number of nitrogens with zero attached hydrogens (tertiary/aromatic N) is 1. The number of rotatable bonds is 7. The quantitative estimate of drug-likeness (QED) is 0.804. The Morgan fingerprint density at radius 1 is 1.15 bits per heavy atom. The van der Waals surface area contributed by atoms with E-state index < -0.39 is 5.60 Å². The maximum Gasteiger partial charge on any atom is 0.0766 e. The molecular weight excluding hydrogens is 248 g/mol. The van der Waals surface area contributed by atoms with Gasteiger partial charge in [0.1, 0.15) is 0 Å². The fraction of sp³-hybridized carbons (Fsp3) is 0.647. The zero-order valence-corrected chi connectivity index (χ0v) is 12.9. The van der Waals surface area contributed by atoms with Gasteiger partial charge in [0, 0.05) is 31.9 Å². The lowest BCUT2D eigenvalue weighted by atomic mass is 9.97. The summed E-state index contributed by atoms with van der Waals surface area (Å²) in [5.41, 5.74) is 2.13. The number of benzene rings is 1. The van der Waals surface area contributed by atoms with Crippen LogP contribution in [-0.2, 0) is 6.54 Å². The molecular formula is C17H28N2O. The molecule has 0 radical (unpaired) electrons. The summed E-state index contributed by atoms with van der Waals surface area (Å²) in [4.78, 5) is 2.48. The Balaban J connectivity index is 1.96. The molecule has 0 amide bonds. The maximum absolute atomic E-state index is 10.3. The van der Waals surface area contributed by atoms with Gasteiger partial charge >= 0.3 is 0 Å². The lowest BCUT2D eigenvalue weighted by molar-refractivity contribution is 0.0323. The first-order valence-electron chi connectivity index (χ1n) is 7.94. The van der Waals surface area contributed by atoms with Gasteiger partial charge in [-0.15, -0.1) is 0 Å². The molecule has 20 heavy (non-hydrogen) atoms. The molecule has 1 aliphatic rings. The van der Waals surface area contributed by atoms with Crippen molar-refractivity contribution >= 4 is 5.69 Å². The number of anilines is 1. The Morgan fingerprint density at radius 2 is 1.80 bits per heavy atom. The van der Waals surface area contributed by atoms with Gasteiger partial charge in [0.25, 0.3) is 0 Å². The van der Waals surface area contributed by atoms with E-state index in [4.69, 9.17) is 0 Å². The predicted octanol–water partition coefficient (Wildman–Crippen LogP) is 2.93. The van der Waals surface area contributed by atoms with Crippen LogP contribution in [0.2, 0.25) is 0 Å². The van der Waals surface area contributed by atoms with Gasteiger partial charge in [0.05, 0.1) is 5.60 Å². The summed E-state index contributed by atoms with van der Waals surface area (Å²) in [5, 5.41) is 13.7. The third kappa shape index (κ3) is 3.74. The van der Waals surface area contributed by atoms with E-state index in [-0.39, 0.29) is 0 Å². The van der Waals surface area contributed by atoms with Gasteiger partial charge in [0.15, 0.2) is 0 Å². The Labute approximate surface area is 123 Å². The topological polar surface area (TPSA) is 35.5 Å². The number of hydrogen-bond donors (Lipinski definition) is 2. The van der Waals surface area contributed by atoms with Gasteiger partial charge < -0.3 is 15.3 Å². The molecule has 0 atom stereocenters. The normalized spacial score (nSPS) is 15.8. The SMILES string of the molecule is CCC(O)(CC)CNCc1ccccc1N1CCCC1. The van der Waals surface area contributed by atoms with E-state index in [2.05, 4.69) is 34.5 Å². The second-order valence-corrected chi connectivity index (χ2v) is 5.86. The molecule has 0 aliphatic carbocycles. The highest BCUT2D eigenvalue weighted by molar-refractivity contribution is 5.54. The van der Waals surface area contributed by atoms with Crippen molar-refractivity contribution in [3.63, 3.8) is 0 Å². The molecule has 0 bridgehead atoms. The van der Waals surface area contributed by atoms with E-state index in [0.717, 1.165) is 19.4 Å². The van der Waals surface area contributed by atoms with E-state index in [9.17, 15) is 5.11 Å². The smallest absolute Gasteiger partial charge is 0.0766 e. The molecule has 1 saturated heterocycles. The summed E-state index contributed by atoms with van der Waals surface area (Å²) in [5.74, 6) is 0. The number of nitrogens with one attached hydrogen (secondary N) is 1. The Kier molecular flexibility index (Phi) is 5.44. The van der Waals surface area contributed by atoms with Crippen molar-refractivity contribution in [3.05, 3.63) is 29.8 Å². The monoisotopic (exact) mass is 276 g/mol. The molecule has 0 aromatic heterocycles. The zero-order chi connectivity index (χ0) is 14.4. The highest BCUT2D eigenvalue weighted by Gasteiger charge is 2.21. The van der Waals surface area contributed by atoms with Crippen LogP contribution in [0.5, 0.6) is 0 Å². The van der Waals surface area contributed by atoms with Gasteiger partial charge in [-0.05, 0) is 37.3 Å². The number of para-hydroxylation sites is 1. The van der Waals surface area contributed by atoms with Crippen molar-refractivity contribution in [2.75, 3.05) is 24.5 Å². The molecule has 0 spiro atoms. The van der Waals surface area contributed by atoms with E-state index in [1.807, 2.05) is 13.8 Å². The van der Waals surface area contributed by atoms with Crippen molar-refractivity contribution < 1.29 is 5.11 Å². The average molecular weight is 276 g/mol. The second kappa shape index (κ2) is 7.09. The highest BCUT2D eigenvalue weighted by atomic mass is 16.3. The minimum atomic E-state index is -0.567. The van der Waals surface area contributed by atoms with Crippen LogP contribution < -0.4 is 10.2 Å². The third-order valence-electron chi connectivity index (χ3n) is 4.52. The highest BCUT2D eigenvalue weighted by Crippen LogP contribution is 2.24. The molecule has 0 saturated carbocycles. The van der Waals surface area contributed by atoms with Crippen molar-refractivity contribution in [3.8, 4) is 0 Å². The Hall–Kier alpha value is -1.06. The van der Waals surface area contributed by atoms with Crippen molar-refractivity contribution in [2.45, 2.75) is 51.7 Å². The van der Waals surface area contributed by atoms with Crippen LogP contribution in [0.25, 0.3) is 0 Å². The second-order valence-electron chi connectivity index (χ2n) is 5.86. The van der Waals surface area contributed by atoms with Gasteiger partial charge in [0.2, 0.25) is 0 Å². The average Bonchev–Trinajstić information content (AvgIpc) is 3.01. The minimum Gasteiger partial charge on any atom is -0.389 e. The first-order chi connectivity index (χ1) is 9.68. The maximum atomic E-state index is 10.3. The molecule has 3 heteroatoms. The molecule has 1 aromatic rings. The molecule has 2 rings (SSSR count). The summed E-state index contributed by atoms with van der Waals surface area (Å²) in [6.07, 6.45) is 4.19. The molecule has 1 aliphatic heterocycles. The van der Waals surface area contributed by atoms with E-state index in [1.165, 1.54) is 37.2 Å². The molecule has 3 nitrogen and oxygen atoms in total. The lowest BCUT2D eigenvalue weighted by Gasteiger charge is -2.26. The first kappa shape index (κ1) is 15.3. The van der Waals surface area contributed by atoms with Gasteiger partial charge in [-0.2, -0.15) is 0 Å². The van der Waals surface area contributed by atoms with E-state index in [0.29, 0.717) is 6.54 Å². The summed E-state index contributed by atoms with van der Waals surface area (Å²) in [7, 11) is 0. The fourth-order valence-corrected chi connectivity index (χ4v) is 2.86. The fourth-order valence-electron chi connectivity index (χ4n) is 2.86. The summed E-state index contributed by atoms with van der Waals surface area (Å²) in [6, 6.07) is 8.62. The summed E-state index contributed by atoms with van der Waals surface area (Å²) in [6.45, 7) is 7.92.